The Morgan fingerprint density at radius 3 is 2.49 bits per heavy atom. The summed E-state index contributed by atoms with van der Waals surface area (Å²) in [7, 11) is -3.67. The predicted molar refractivity (Wildman–Crippen MR) is 132 cm³/mol. The maximum atomic E-state index is 13.2. The zero-order chi connectivity index (χ0) is 25.1. The van der Waals surface area contributed by atoms with Crippen LogP contribution >= 0.6 is 0 Å². The zero-order valence-electron chi connectivity index (χ0n) is 19.3. The molecule has 1 saturated heterocycles. The second-order valence-electron chi connectivity index (χ2n) is 8.80. The van der Waals surface area contributed by atoms with E-state index in [9.17, 15) is 21.6 Å². The molecule has 1 aliphatic rings. The second-order valence-corrected chi connectivity index (χ2v) is 10.4. The van der Waals surface area contributed by atoms with Gasteiger partial charge in [0.1, 0.15) is 0 Å². The van der Waals surface area contributed by atoms with Gasteiger partial charge in [0, 0.05) is 31.4 Å². The van der Waals surface area contributed by atoms with Crippen LogP contribution in [0.4, 0.5) is 18.9 Å². The lowest BCUT2D eigenvalue weighted by atomic mass is 9.98. The largest absolute Gasteiger partial charge is 0.416 e. The Labute approximate surface area is 204 Å². The van der Waals surface area contributed by atoms with Crippen LogP contribution in [0.3, 0.4) is 0 Å². The molecule has 4 rings (SSSR count). The smallest absolute Gasteiger partial charge is 0.311 e. The number of rotatable bonds is 8. The number of nitrogens with zero attached hydrogens (tertiary/aromatic N) is 1. The van der Waals surface area contributed by atoms with Crippen LogP contribution in [0.25, 0.3) is 11.1 Å². The number of aryl methyl sites for hydroxylation is 1. The van der Waals surface area contributed by atoms with Gasteiger partial charge in [-0.2, -0.15) is 25.9 Å². The Morgan fingerprint density at radius 1 is 0.971 bits per heavy atom. The Morgan fingerprint density at radius 2 is 1.74 bits per heavy atom. The van der Waals surface area contributed by atoms with E-state index in [2.05, 4.69) is 10.0 Å². The van der Waals surface area contributed by atoms with Crippen molar-refractivity contribution in [2.24, 2.45) is 0 Å². The average molecular weight is 504 g/mol. The van der Waals surface area contributed by atoms with E-state index >= 15 is 0 Å². The van der Waals surface area contributed by atoms with E-state index in [4.69, 9.17) is 0 Å². The molecule has 0 radical (unpaired) electrons. The van der Waals surface area contributed by atoms with Crippen LogP contribution in [-0.2, 0) is 22.9 Å². The van der Waals surface area contributed by atoms with Crippen molar-refractivity contribution in [2.75, 3.05) is 17.8 Å². The fraction of sp³-hybridized carbons (Fsp3) is 0.308. The van der Waals surface area contributed by atoms with Crippen LogP contribution in [0.5, 0.6) is 0 Å². The molecule has 3 aromatic carbocycles. The number of hydrogen-bond acceptors (Lipinski definition) is 3. The van der Waals surface area contributed by atoms with Crippen molar-refractivity contribution < 1.29 is 21.6 Å². The highest BCUT2D eigenvalue weighted by Crippen LogP contribution is 2.33. The molecule has 9 heteroatoms. The Balaban J connectivity index is 1.40. The standard InChI is InChI=1S/C26H28F3N3O2S/c1-19-13-22(16-23(14-19)26(27,28)29)21-8-5-7-20(15-21)17-30-18-25-11-6-12-32(25)35(33,34)31-24-9-3-2-4-10-24/h2-5,7-10,13-16,25,30-31H,6,11-12,17-18H2,1H3/t25-/m0/s1. The Kier molecular flexibility index (Phi) is 7.49. The van der Waals surface area contributed by atoms with Gasteiger partial charge < -0.3 is 5.32 Å². The number of anilines is 1. The van der Waals surface area contributed by atoms with E-state index in [1.54, 1.807) is 43.3 Å². The van der Waals surface area contributed by atoms with Crippen molar-refractivity contribution in [3.8, 4) is 11.1 Å². The molecule has 1 fully saturated rings. The first-order valence-corrected chi connectivity index (χ1v) is 12.9. The topological polar surface area (TPSA) is 61.4 Å². The van der Waals surface area contributed by atoms with Gasteiger partial charge in [-0.05, 0) is 72.4 Å². The molecule has 3 aromatic rings. The van der Waals surface area contributed by atoms with Crippen molar-refractivity contribution >= 4 is 15.9 Å². The molecule has 1 atom stereocenters. The lowest BCUT2D eigenvalue weighted by Gasteiger charge is -2.25. The molecule has 0 bridgehead atoms. The van der Waals surface area contributed by atoms with Crippen molar-refractivity contribution in [3.05, 3.63) is 89.5 Å². The van der Waals surface area contributed by atoms with Crippen molar-refractivity contribution in [1.82, 2.24) is 9.62 Å². The van der Waals surface area contributed by atoms with Gasteiger partial charge in [0.2, 0.25) is 0 Å². The van der Waals surface area contributed by atoms with Gasteiger partial charge in [-0.1, -0.05) is 42.5 Å². The number of para-hydroxylation sites is 1. The summed E-state index contributed by atoms with van der Waals surface area (Å²) in [5.74, 6) is 0. The summed E-state index contributed by atoms with van der Waals surface area (Å²) in [4.78, 5) is 0. The first-order chi connectivity index (χ1) is 16.6. The molecule has 2 N–H and O–H groups in total. The van der Waals surface area contributed by atoms with Gasteiger partial charge in [-0.15, -0.1) is 0 Å². The molecule has 0 saturated carbocycles. The van der Waals surface area contributed by atoms with Gasteiger partial charge >= 0.3 is 16.4 Å². The van der Waals surface area contributed by atoms with Crippen LogP contribution in [-0.4, -0.2) is 31.9 Å². The van der Waals surface area contributed by atoms with Gasteiger partial charge in [-0.3, -0.25) is 4.72 Å². The van der Waals surface area contributed by atoms with Crippen LogP contribution in [0.15, 0.2) is 72.8 Å². The molecule has 35 heavy (non-hydrogen) atoms. The summed E-state index contributed by atoms with van der Waals surface area (Å²) in [5, 5.41) is 3.32. The molecule has 0 spiro atoms. The highest BCUT2D eigenvalue weighted by atomic mass is 32.2. The minimum absolute atomic E-state index is 0.175. The predicted octanol–water partition coefficient (Wildman–Crippen LogP) is 5.59. The molecule has 1 heterocycles. The Bertz CT molecular complexity index is 1260. The SMILES string of the molecule is Cc1cc(-c2cccc(CNC[C@@H]3CCCN3S(=O)(=O)Nc3ccccc3)c2)cc(C(F)(F)F)c1. The van der Waals surface area contributed by atoms with Crippen molar-refractivity contribution in [3.63, 3.8) is 0 Å². The third-order valence-electron chi connectivity index (χ3n) is 6.03. The minimum atomic E-state index is -4.40. The summed E-state index contributed by atoms with van der Waals surface area (Å²) in [6.45, 7) is 3.06. The van der Waals surface area contributed by atoms with Crippen LogP contribution in [0, 0.1) is 6.92 Å². The average Bonchev–Trinajstić information content (AvgIpc) is 3.28. The molecule has 0 amide bonds. The molecule has 5 nitrogen and oxygen atoms in total. The van der Waals surface area contributed by atoms with Crippen LogP contribution < -0.4 is 10.0 Å². The summed E-state index contributed by atoms with van der Waals surface area (Å²) >= 11 is 0. The first-order valence-electron chi connectivity index (χ1n) is 11.5. The second kappa shape index (κ2) is 10.4. The zero-order valence-corrected chi connectivity index (χ0v) is 20.2. The summed E-state index contributed by atoms with van der Waals surface area (Å²) in [6.07, 6.45) is -2.86. The third-order valence-corrected chi connectivity index (χ3v) is 7.62. The lowest BCUT2D eigenvalue weighted by Crippen LogP contribution is -2.44. The molecular formula is C26H28F3N3O2S. The number of hydrogen-bond donors (Lipinski definition) is 2. The fourth-order valence-electron chi connectivity index (χ4n) is 4.40. The maximum Gasteiger partial charge on any atom is 0.416 e. The van der Waals surface area contributed by atoms with E-state index in [0.717, 1.165) is 24.5 Å². The van der Waals surface area contributed by atoms with Crippen LogP contribution in [0.2, 0.25) is 0 Å². The third kappa shape index (κ3) is 6.42. The highest BCUT2D eigenvalue weighted by Gasteiger charge is 2.34. The van der Waals surface area contributed by atoms with E-state index in [0.29, 0.717) is 42.0 Å². The summed E-state index contributed by atoms with van der Waals surface area (Å²) < 4.78 is 69.6. The molecule has 0 unspecified atom stereocenters. The van der Waals surface area contributed by atoms with Gasteiger partial charge in [0.05, 0.1) is 5.56 Å². The van der Waals surface area contributed by atoms with Crippen molar-refractivity contribution in [2.45, 2.75) is 38.5 Å². The number of halogens is 3. The van der Waals surface area contributed by atoms with E-state index < -0.39 is 21.9 Å². The van der Waals surface area contributed by atoms with Gasteiger partial charge in [0.25, 0.3) is 0 Å². The minimum Gasteiger partial charge on any atom is -0.311 e. The number of alkyl halides is 3. The van der Waals surface area contributed by atoms with Gasteiger partial charge in [0.15, 0.2) is 0 Å². The molecule has 1 aliphatic heterocycles. The van der Waals surface area contributed by atoms with E-state index in [1.165, 1.54) is 10.4 Å². The Hall–Kier alpha value is -2.88. The molecule has 0 aliphatic carbocycles. The van der Waals surface area contributed by atoms with Gasteiger partial charge in [-0.25, -0.2) is 0 Å². The number of nitrogens with one attached hydrogen (secondary N) is 2. The summed E-state index contributed by atoms with van der Waals surface area (Å²) in [6, 6.07) is 20.0. The van der Waals surface area contributed by atoms with Crippen molar-refractivity contribution in [1.29, 1.82) is 0 Å². The maximum absolute atomic E-state index is 13.2. The monoisotopic (exact) mass is 503 g/mol. The molecule has 0 aromatic heterocycles. The quantitative estimate of drug-likeness (QED) is 0.421. The van der Waals surface area contributed by atoms with E-state index in [1.807, 2.05) is 24.3 Å². The normalized spacial score (nSPS) is 17.0. The van der Waals surface area contributed by atoms with Crippen LogP contribution in [0.1, 0.15) is 29.5 Å². The molecule has 186 valence electrons. The number of benzene rings is 3. The first kappa shape index (κ1) is 25.2. The fourth-order valence-corrected chi connectivity index (χ4v) is 5.89. The highest BCUT2D eigenvalue weighted by molar-refractivity contribution is 7.90. The van der Waals surface area contributed by atoms with E-state index in [-0.39, 0.29) is 6.04 Å². The molecular weight excluding hydrogens is 475 g/mol. The lowest BCUT2D eigenvalue weighted by molar-refractivity contribution is -0.137. The summed E-state index contributed by atoms with van der Waals surface area (Å²) in [5.41, 5.74) is 2.53.